The van der Waals surface area contributed by atoms with Crippen LogP contribution in [0.5, 0.6) is 0 Å². The summed E-state index contributed by atoms with van der Waals surface area (Å²) in [6, 6.07) is 16.9. The van der Waals surface area contributed by atoms with Gasteiger partial charge in [-0.2, -0.15) is 13.2 Å². The number of aromatic nitrogens is 3. The van der Waals surface area contributed by atoms with Gasteiger partial charge in [-0.3, -0.25) is 14.3 Å². The fourth-order valence-electron chi connectivity index (χ4n) is 3.28. The molecule has 2 heterocycles. The standard InChI is InChI=1S/C23H17F3N4O2S/c1-14-11-17(15-5-7-18(8-6-15)23(24,25)26)13-21(28-14)20-9-10-27-22(29-20)16-3-2-4-19(12-16)30-33(31)32/h2-13,30H,1H3,(H,31,32). The molecule has 4 rings (SSSR count). The highest BCUT2D eigenvalue weighted by Crippen LogP contribution is 2.32. The predicted molar refractivity (Wildman–Crippen MR) is 120 cm³/mol. The van der Waals surface area contributed by atoms with E-state index in [0.717, 1.165) is 12.1 Å². The average molecular weight is 470 g/mol. The van der Waals surface area contributed by atoms with E-state index in [2.05, 4.69) is 19.7 Å². The van der Waals surface area contributed by atoms with Crippen molar-refractivity contribution < 1.29 is 21.9 Å². The smallest absolute Gasteiger partial charge is 0.289 e. The number of hydrogen-bond donors (Lipinski definition) is 2. The van der Waals surface area contributed by atoms with Crippen LogP contribution < -0.4 is 4.72 Å². The molecule has 10 heteroatoms. The molecule has 2 aromatic carbocycles. The highest BCUT2D eigenvalue weighted by Gasteiger charge is 2.30. The van der Waals surface area contributed by atoms with Gasteiger partial charge in [-0.15, -0.1) is 0 Å². The summed E-state index contributed by atoms with van der Waals surface area (Å²) in [4.78, 5) is 13.4. The van der Waals surface area contributed by atoms with Gasteiger partial charge in [0.1, 0.15) is 0 Å². The molecule has 0 fully saturated rings. The van der Waals surface area contributed by atoms with Crippen molar-refractivity contribution in [1.82, 2.24) is 15.0 Å². The molecular weight excluding hydrogens is 453 g/mol. The Balaban J connectivity index is 1.69. The van der Waals surface area contributed by atoms with Crippen molar-refractivity contribution in [2.75, 3.05) is 4.72 Å². The molecule has 2 N–H and O–H groups in total. The van der Waals surface area contributed by atoms with Crippen molar-refractivity contribution in [2.24, 2.45) is 0 Å². The summed E-state index contributed by atoms with van der Waals surface area (Å²) in [6.07, 6.45) is -2.82. The Morgan fingerprint density at radius 2 is 1.64 bits per heavy atom. The second-order valence-corrected chi connectivity index (χ2v) is 7.86. The van der Waals surface area contributed by atoms with Crippen LogP contribution in [-0.4, -0.2) is 23.7 Å². The highest BCUT2D eigenvalue weighted by molar-refractivity contribution is 7.80. The van der Waals surface area contributed by atoms with Crippen molar-refractivity contribution >= 4 is 17.0 Å². The molecule has 0 aliphatic carbocycles. The van der Waals surface area contributed by atoms with E-state index in [1.807, 2.05) is 0 Å². The van der Waals surface area contributed by atoms with Crippen molar-refractivity contribution in [3.05, 3.63) is 84.2 Å². The maximum absolute atomic E-state index is 12.9. The monoisotopic (exact) mass is 470 g/mol. The zero-order chi connectivity index (χ0) is 23.6. The molecule has 2 aromatic heterocycles. The average Bonchev–Trinajstić information content (AvgIpc) is 2.78. The van der Waals surface area contributed by atoms with E-state index in [1.54, 1.807) is 55.6 Å². The summed E-state index contributed by atoms with van der Waals surface area (Å²) in [6.45, 7) is 1.79. The quantitative estimate of drug-likeness (QED) is 0.363. The molecule has 0 saturated carbocycles. The van der Waals surface area contributed by atoms with E-state index in [1.165, 1.54) is 12.1 Å². The highest BCUT2D eigenvalue weighted by atomic mass is 32.2. The minimum Gasteiger partial charge on any atom is -0.289 e. The minimum atomic E-state index is -4.39. The minimum absolute atomic E-state index is 0.388. The molecule has 6 nitrogen and oxygen atoms in total. The fraction of sp³-hybridized carbons (Fsp3) is 0.0870. The predicted octanol–water partition coefficient (Wildman–Crippen LogP) is 5.75. The second kappa shape index (κ2) is 9.08. The van der Waals surface area contributed by atoms with Crippen LogP contribution in [0.4, 0.5) is 18.9 Å². The molecular formula is C23H17F3N4O2S. The Morgan fingerprint density at radius 3 is 2.33 bits per heavy atom. The van der Waals surface area contributed by atoms with E-state index in [4.69, 9.17) is 4.55 Å². The van der Waals surface area contributed by atoms with Crippen LogP contribution >= 0.6 is 0 Å². The summed E-state index contributed by atoms with van der Waals surface area (Å²) in [5, 5.41) is 0. The molecule has 0 aliphatic heterocycles. The first kappa shape index (κ1) is 22.6. The van der Waals surface area contributed by atoms with Crippen molar-refractivity contribution in [3.63, 3.8) is 0 Å². The van der Waals surface area contributed by atoms with Crippen LogP contribution in [0.15, 0.2) is 72.9 Å². The van der Waals surface area contributed by atoms with Gasteiger partial charge in [0.15, 0.2) is 5.82 Å². The fourth-order valence-corrected chi connectivity index (χ4v) is 3.61. The third-order valence-electron chi connectivity index (χ3n) is 4.74. The molecule has 4 aromatic rings. The van der Waals surface area contributed by atoms with Crippen LogP contribution in [0.3, 0.4) is 0 Å². The number of aryl methyl sites for hydroxylation is 1. The van der Waals surface area contributed by atoms with Crippen molar-refractivity contribution in [2.45, 2.75) is 13.1 Å². The lowest BCUT2D eigenvalue weighted by Gasteiger charge is -2.10. The molecule has 0 aliphatic rings. The molecule has 33 heavy (non-hydrogen) atoms. The Labute approximate surface area is 190 Å². The van der Waals surface area contributed by atoms with Crippen LogP contribution in [0.1, 0.15) is 11.3 Å². The van der Waals surface area contributed by atoms with Crippen LogP contribution in [-0.2, 0) is 17.4 Å². The van der Waals surface area contributed by atoms with Gasteiger partial charge in [0.25, 0.3) is 11.3 Å². The van der Waals surface area contributed by atoms with Crippen molar-refractivity contribution in [3.8, 4) is 33.9 Å². The molecule has 0 amide bonds. The number of anilines is 1. The lowest BCUT2D eigenvalue weighted by molar-refractivity contribution is -0.137. The van der Waals surface area contributed by atoms with Crippen molar-refractivity contribution in [1.29, 1.82) is 0 Å². The lowest BCUT2D eigenvalue weighted by atomic mass is 10.0. The van der Waals surface area contributed by atoms with Crippen LogP contribution in [0.2, 0.25) is 0 Å². The Kier molecular flexibility index (Phi) is 6.21. The normalized spacial score (nSPS) is 12.4. The van der Waals surface area contributed by atoms with Gasteiger partial charge in [0.2, 0.25) is 0 Å². The number of hydrogen-bond acceptors (Lipinski definition) is 4. The van der Waals surface area contributed by atoms with Crippen LogP contribution in [0, 0.1) is 6.92 Å². The summed E-state index contributed by atoms with van der Waals surface area (Å²) in [5.74, 6) is 0.388. The second-order valence-electron chi connectivity index (χ2n) is 7.16. The molecule has 1 unspecified atom stereocenters. The molecule has 1 atom stereocenters. The molecule has 0 radical (unpaired) electrons. The number of alkyl halides is 3. The first-order valence-electron chi connectivity index (χ1n) is 9.67. The first-order valence-corrected chi connectivity index (χ1v) is 10.8. The van der Waals surface area contributed by atoms with E-state index in [9.17, 15) is 17.4 Å². The summed E-state index contributed by atoms with van der Waals surface area (Å²) in [5.41, 5.74) is 3.44. The zero-order valence-corrected chi connectivity index (χ0v) is 18.0. The zero-order valence-electron chi connectivity index (χ0n) is 17.2. The van der Waals surface area contributed by atoms with E-state index in [0.29, 0.717) is 45.3 Å². The first-order chi connectivity index (χ1) is 15.7. The SMILES string of the molecule is Cc1cc(-c2ccc(C(F)(F)F)cc2)cc(-c2ccnc(-c3cccc(NS(=O)O)c3)n2)n1. The topological polar surface area (TPSA) is 88.0 Å². The largest absolute Gasteiger partial charge is 0.416 e. The Hall–Kier alpha value is -3.63. The van der Waals surface area contributed by atoms with Gasteiger partial charge in [-0.05, 0) is 60.5 Å². The molecule has 0 spiro atoms. The van der Waals surface area contributed by atoms with Gasteiger partial charge in [0, 0.05) is 23.1 Å². The van der Waals surface area contributed by atoms with E-state index >= 15 is 0 Å². The third-order valence-corrected chi connectivity index (χ3v) is 5.15. The van der Waals surface area contributed by atoms with E-state index < -0.39 is 23.0 Å². The molecule has 0 bridgehead atoms. The van der Waals surface area contributed by atoms with Gasteiger partial charge in [-0.1, -0.05) is 24.3 Å². The Bertz CT molecular complexity index is 1330. The summed E-state index contributed by atoms with van der Waals surface area (Å²) < 4.78 is 61.1. The number of pyridine rings is 1. The van der Waals surface area contributed by atoms with Crippen LogP contribution in [0.25, 0.3) is 33.9 Å². The number of rotatable bonds is 5. The van der Waals surface area contributed by atoms with Gasteiger partial charge in [-0.25, -0.2) is 14.2 Å². The molecule has 168 valence electrons. The maximum atomic E-state index is 12.9. The molecule has 0 saturated heterocycles. The number of benzene rings is 2. The Morgan fingerprint density at radius 1 is 0.879 bits per heavy atom. The van der Waals surface area contributed by atoms with Gasteiger partial charge in [0.05, 0.1) is 17.0 Å². The third kappa shape index (κ3) is 5.41. The maximum Gasteiger partial charge on any atom is 0.416 e. The summed E-state index contributed by atoms with van der Waals surface area (Å²) >= 11 is -2.21. The number of nitrogens with one attached hydrogen (secondary N) is 1. The number of nitrogens with zero attached hydrogens (tertiary/aromatic N) is 3. The van der Waals surface area contributed by atoms with Gasteiger partial charge >= 0.3 is 6.18 Å². The number of halogens is 3. The van der Waals surface area contributed by atoms with E-state index in [-0.39, 0.29) is 0 Å². The summed E-state index contributed by atoms with van der Waals surface area (Å²) in [7, 11) is 0. The lowest BCUT2D eigenvalue weighted by Crippen LogP contribution is -2.04. The van der Waals surface area contributed by atoms with Gasteiger partial charge < -0.3 is 0 Å².